The fraction of sp³-hybridized carbons (Fsp3) is 0.294. The molecule has 1 atom stereocenters. The van der Waals surface area contributed by atoms with Gasteiger partial charge >= 0.3 is 5.69 Å². The number of hydrogen-bond donors (Lipinski definition) is 3. The van der Waals surface area contributed by atoms with Crippen LogP contribution in [0.25, 0.3) is 0 Å². The average Bonchev–Trinajstić information content (AvgIpc) is 2.65. The fourth-order valence-corrected chi connectivity index (χ4v) is 2.99. The van der Waals surface area contributed by atoms with Gasteiger partial charge < -0.3 is 15.4 Å². The minimum atomic E-state index is -1.70. The predicted octanol–water partition coefficient (Wildman–Crippen LogP) is 0.665. The standard InChI is InChI=1S/C17H15F3N4O5/c1-29-3-2-24-14-12(16(27)23-17(24)28)8(6-11(25)22-14)15(26)21-7-4-9(18)13(20)10(19)5-7/h4-5,8H,2-3,6H2,1H3,(H,21,26)(H,22,25)(H,23,27,28)/t8-/m1/s1. The third-order valence-corrected chi connectivity index (χ3v) is 4.32. The highest BCUT2D eigenvalue weighted by molar-refractivity contribution is 6.04. The topological polar surface area (TPSA) is 122 Å². The van der Waals surface area contributed by atoms with Gasteiger partial charge in [0, 0.05) is 31.4 Å². The van der Waals surface area contributed by atoms with E-state index in [-0.39, 0.29) is 24.5 Å². The number of carbonyl (C=O) groups is 2. The van der Waals surface area contributed by atoms with Crippen molar-refractivity contribution in [2.24, 2.45) is 0 Å². The Bertz CT molecular complexity index is 1090. The van der Waals surface area contributed by atoms with Gasteiger partial charge in [0.2, 0.25) is 11.8 Å². The first kappa shape index (κ1) is 20.3. The number of carbonyl (C=O) groups excluding carboxylic acids is 2. The van der Waals surface area contributed by atoms with Gasteiger partial charge in [0.25, 0.3) is 5.56 Å². The van der Waals surface area contributed by atoms with Gasteiger partial charge in [0.1, 0.15) is 5.82 Å². The molecule has 3 rings (SSSR count). The van der Waals surface area contributed by atoms with Crippen molar-refractivity contribution in [3.8, 4) is 0 Å². The first-order valence-electron chi connectivity index (χ1n) is 8.34. The molecule has 0 saturated carbocycles. The Hall–Kier alpha value is -3.41. The number of benzene rings is 1. The van der Waals surface area contributed by atoms with Crippen molar-refractivity contribution in [3.05, 3.63) is 56.0 Å². The van der Waals surface area contributed by atoms with Gasteiger partial charge in [-0.05, 0) is 0 Å². The molecule has 154 valence electrons. The summed E-state index contributed by atoms with van der Waals surface area (Å²) in [7, 11) is 1.39. The maximum Gasteiger partial charge on any atom is 0.330 e. The number of fused-ring (bicyclic) bond motifs is 1. The highest BCUT2D eigenvalue weighted by Gasteiger charge is 2.35. The molecule has 2 aromatic rings. The number of halogens is 3. The molecule has 1 aliphatic heterocycles. The molecule has 0 spiro atoms. The molecule has 1 aromatic carbocycles. The second-order valence-electron chi connectivity index (χ2n) is 6.21. The summed E-state index contributed by atoms with van der Waals surface area (Å²) in [5, 5.41) is 4.55. The number of rotatable bonds is 5. The summed E-state index contributed by atoms with van der Waals surface area (Å²) in [6.07, 6.45) is -0.448. The largest absolute Gasteiger partial charge is 0.383 e. The number of amides is 2. The van der Waals surface area contributed by atoms with E-state index in [1.54, 1.807) is 0 Å². The normalized spacial score (nSPS) is 15.6. The number of aromatic nitrogens is 2. The molecular formula is C17H15F3N4O5. The molecule has 2 heterocycles. The van der Waals surface area contributed by atoms with Gasteiger partial charge in [0.15, 0.2) is 17.5 Å². The number of hydrogen-bond acceptors (Lipinski definition) is 5. The van der Waals surface area contributed by atoms with Crippen LogP contribution in [0.3, 0.4) is 0 Å². The van der Waals surface area contributed by atoms with E-state index in [9.17, 15) is 32.3 Å². The summed E-state index contributed by atoms with van der Waals surface area (Å²) in [6, 6.07) is 1.12. The number of aromatic amines is 1. The van der Waals surface area contributed by atoms with E-state index in [1.807, 2.05) is 0 Å². The summed E-state index contributed by atoms with van der Waals surface area (Å²) >= 11 is 0. The summed E-state index contributed by atoms with van der Waals surface area (Å²) in [5.41, 5.74) is -2.30. The Morgan fingerprint density at radius 1 is 1.24 bits per heavy atom. The number of methoxy groups -OCH3 is 1. The van der Waals surface area contributed by atoms with Crippen LogP contribution >= 0.6 is 0 Å². The van der Waals surface area contributed by atoms with Crippen molar-refractivity contribution in [3.63, 3.8) is 0 Å². The van der Waals surface area contributed by atoms with E-state index in [0.29, 0.717) is 12.1 Å². The molecule has 9 nitrogen and oxygen atoms in total. The number of ether oxygens (including phenoxy) is 1. The van der Waals surface area contributed by atoms with Crippen molar-refractivity contribution in [2.45, 2.75) is 18.9 Å². The summed E-state index contributed by atoms with van der Waals surface area (Å²) < 4.78 is 45.8. The van der Waals surface area contributed by atoms with Crippen LogP contribution < -0.4 is 21.9 Å². The van der Waals surface area contributed by atoms with E-state index >= 15 is 0 Å². The highest BCUT2D eigenvalue weighted by Crippen LogP contribution is 2.30. The number of nitrogens with one attached hydrogen (secondary N) is 3. The fourth-order valence-electron chi connectivity index (χ4n) is 2.99. The minimum Gasteiger partial charge on any atom is -0.383 e. The van der Waals surface area contributed by atoms with Crippen LogP contribution in [0.5, 0.6) is 0 Å². The lowest BCUT2D eigenvalue weighted by atomic mass is 9.92. The van der Waals surface area contributed by atoms with Crippen LogP contribution in [0.4, 0.5) is 24.7 Å². The van der Waals surface area contributed by atoms with E-state index in [1.165, 1.54) is 7.11 Å². The Labute approximate surface area is 160 Å². The quantitative estimate of drug-likeness (QED) is 0.623. The molecule has 3 N–H and O–H groups in total. The second kappa shape index (κ2) is 7.91. The molecule has 2 amide bonds. The van der Waals surface area contributed by atoms with E-state index in [2.05, 4.69) is 15.6 Å². The Balaban J connectivity index is 2.02. The first-order valence-corrected chi connectivity index (χ1v) is 8.34. The summed E-state index contributed by atoms with van der Waals surface area (Å²) in [4.78, 5) is 51.2. The Kier molecular flexibility index (Phi) is 5.55. The van der Waals surface area contributed by atoms with Gasteiger partial charge in [-0.2, -0.15) is 0 Å². The molecular weight excluding hydrogens is 397 g/mol. The van der Waals surface area contributed by atoms with Crippen LogP contribution in [0.2, 0.25) is 0 Å². The van der Waals surface area contributed by atoms with Gasteiger partial charge in [-0.25, -0.2) is 18.0 Å². The average molecular weight is 412 g/mol. The van der Waals surface area contributed by atoms with Crippen molar-refractivity contribution < 1.29 is 27.5 Å². The summed E-state index contributed by atoms with van der Waals surface area (Å²) in [5.74, 6) is -7.85. The van der Waals surface area contributed by atoms with E-state index in [4.69, 9.17) is 4.74 Å². The maximum absolute atomic E-state index is 13.4. The predicted molar refractivity (Wildman–Crippen MR) is 94.1 cm³/mol. The van der Waals surface area contributed by atoms with Crippen molar-refractivity contribution in [2.75, 3.05) is 24.4 Å². The van der Waals surface area contributed by atoms with Crippen molar-refractivity contribution in [1.82, 2.24) is 9.55 Å². The third-order valence-electron chi connectivity index (χ3n) is 4.32. The lowest BCUT2D eigenvalue weighted by molar-refractivity contribution is -0.123. The van der Waals surface area contributed by atoms with E-state index in [0.717, 1.165) is 4.57 Å². The SMILES string of the molecule is COCCn1c2c(c(=O)[nH]c1=O)[C@H](C(=O)Nc1cc(F)c(F)c(F)c1)CC(=O)N2. The number of anilines is 2. The lowest BCUT2D eigenvalue weighted by Gasteiger charge is -2.26. The Morgan fingerprint density at radius 2 is 1.90 bits per heavy atom. The van der Waals surface area contributed by atoms with Crippen molar-refractivity contribution in [1.29, 1.82) is 0 Å². The minimum absolute atomic E-state index is 0.0164. The molecule has 1 aliphatic rings. The zero-order valence-electron chi connectivity index (χ0n) is 15.0. The monoisotopic (exact) mass is 412 g/mol. The third kappa shape index (κ3) is 3.92. The van der Waals surface area contributed by atoms with Crippen molar-refractivity contribution >= 4 is 23.3 Å². The smallest absolute Gasteiger partial charge is 0.330 e. The number of H-pyrrole nitrogens is 1. The van der Waals surface area contributed by atoms with Crippen LogP contribution in [0.15, 0.2) is 21.7 Å². The lowest BCUT2D eigenvalue weighted by Crippen LogP contribution is -2.43. The van der Waals surface area contributed by atoms with Crippen LogP contribution in [0.1, 0.15) is 17.9 Å². The molecule has 29 heavy (non-hydrogen) atoms. The Morgan fingerprint density at radius 3 is 2.52 bits per heavy atom. The van der Waals surface area contributed by atoms with Crippen LogP contribution in [-0.2, 0) is 20.9 Å². The summed E-state index contributed by atoms with van der Waals surface area (Å²) in [6.45, 7) is 0.0662. The first-order chi connectivity index (χ1) is 13.7. The molecule has 0 radical (unpaired) electrons. The molecule has 1 aromatic heterocycles. The zero-order chi connectivity index (χ0) is 21.3. The second-order valence-corrected chi connectivity index (χ2v) is 6.21. The van der Waals surface area contributed by atoms with Crippen LogP contribution in [-0.4, -0.2) is 35.1 Å². The van der Waals surface area contributed by atoms with Crippen LogP contribution in [0, 0.1) is 17.5 Å². The maximum atomic E-state index is 13.4. The molecule has 12 heteroatoms. The van der Waals surface area contributed by atoms with Gasteiger partial charge in [-0.1, -0.05) is 0 Å². The highest BCUT2D eigenvalue weighted by atomic mass is 19.2. The molecule has 0 aliphatic carbocycles. The molecule has 0 saturated heterocycles. The van der Waals surface area contributed by atoms with Gasteiger partial charge in [-0.3, -0.25) is 23.9 Å². The molecule has 0 fully saturated rings. The number of nitrogens with zero attached hydrogens (tertiary/aromatic N) is 1. The zero-order valence-corrected chi connectivity index (χ0v) is 15.0. The van der Waals surface area contributed by atoms with E-state index < -0.39 is 58.5 Å². The van der Waals surface area contributed by atoms with Gasteiger partial charge in [-0.15, -0.1) is 0 Å². The van der Waals surface area contributed by atoms with Gasteiger partial charge in [0.05, 0.1) is 24.6 Å². The molecule has 0 bridgehead atoms. The molecule has 0 unspecified atom stereocenters.